The second kappa shape index (κ2) is 11.9. The summed E-state index contributed by atoms with van der Waals surface area (Å²) in [6, 6.07) is 58.6. The van der Waals surface area contributed by atoms with Gasteiger partial charge in [-0.15, -0.1) is 0 Å². The molecule has 8 aromatic rings. The largest absolute Gasteiger partial charge is 0.0619 e. The van der Waals surface area contributed by atoms with Gasteiger partial charge in [-0.25, -0.2) is 0 Å². The molecule has 0 saturated heterocycles. The average Bonchev–Trinajstić information content (AvgIpc) is 4.05. The molecule has 0 atom stereocenters. The molecule has 0 aliphatic heterocycles. The van der Waals surface area contributed by atoms with Crippen molar-refractivity contribution < 1.29 is 0 Å². The minimum atomic E-state index is 0.130. The van der Waals surface area contributed by atoms with E-state index < -0.39 is 0 Å². The zero-order chi connectivity index (χ0) is 36.3. The van der Waals surface area contributed by atoms with Gasteiger partial charge in [-0.2, -0.15) is 0 Å². The highest BCUT2D eigenvalue weighted by Crippen LogP contribution is 2.59. The Bertz CT molecular complexity index is 2710. The fourth-order valence-electron chi connectivity index (χ4n) is 11.8. The minimum Gasteiger partial charge on any atom is -0.0619 e. The highest BCUT2D eigenvalue weighted by molar-refractivity contribution is 9.10. The van der Waals surface area contributed by atoms with Gasteiger partial charge in [0.05, 0.1) is 0 Å². The summed E-state index contributed by atoms with van der Waals surface area (Å²) >= 11 is 4.03. The van der Waals surface area contributed by atoms with Crippen LogP contribution in [0.4, 0.5) is 0 Å². The molecule has 0 bridgehead atoms. The predicted molar refractivity (Wildman–Crippen MR) is 235 cm³/mol. The van der Waals surface area contributed by atoms with Crippen LogP contribution in [-0.4, -0.2) is 0 Å². The van der Waals surface area contributed by atoms with Crippen LogP contribution in [0.25, 0.3) is 77.2 Å². The maximum absolute atomic E-state index is 4.03. The summed E-state index contributed by atoms with van der Waals surface area (Å²) in [7, 11) is 0. The third kappa shape index (κ3) is 4.45. The van der Waals surface area contributed by atoms with Crippen LogP contribution in [0.5, 0.6) is 0 Å². The first-order valence-electron chi connectivity index (χ1n) is 20.4. The SMILES string of the molecule is Brc1c2ccccc2c(-c2cc(-c3ccc4c(c3)C3(CCCC3)c3ccccc3-4)cc(-c3ccc4c(c3)C3(CCCC3)c3ccccc3-4)c2)c2ccccc12. The Kier molecular flexibility index (Phi) is 6.92. The molecule has 8 aromatic carbocycles. The molecule has 12 rings (SSSR count). The first-order chi connectivity index (χ1) is 27.1. The zero-order valence-electron chi connectivity index (χ0n) is 31.0. The molecule has 0 nitrogen and oxygen atoms in total. The number of hydrogen-bond donors (Lipinski definition) is 0. The Morgan fingerprint density at radius 1 is 0.327 bits per heavy atom. The van der Waals surface area contributed by atoms with Crippen molar-refractivity contribution in [2.45, 2.75) is 62.2 Å². The van der Waals surface area contributed by atoms with E-state index in [9.17, 15) is 0 Å². The third-order valence-electron chi connectivity index (χ3n) is 14.2. The molecule has 0 radical (unpaired) electrons. The maximum atomic E-state index is 4.03. The molecule has 1 heteroatoms. The monoisotopic (exact) mass is 768 g/mol. The molecule has 0 unspecified atom stereocenters. The van der Waals surface area contributed by atoms with E-state index in [0.717, 1.165) is 0 Å². The van der Waals surface area contributed by atoms with Gasteiger partial charge in [-0.1, -0.05) is 147 Å². The van der Waals surface area contributed by atoms with Crippen LogP contribution in [0.2, 0.25) is 0 Å². The normalized spacial score (nSPS) is 16.9. The fourth-order valence-corrected chi connectivity index (χ4v) is 12.5. The Morgan fingerprint density at radius 2 is 0.709 bits per heavy atom. The molecular formula is C54H41Br. The molecule has 0 N–H and O–H groups in total. The van der Waals surface area contributed by atoms with Crippen molar-refractivity contribution in [2.24, 2.45) is 0 Å². The lowest BCUT2D eigenvalue weighted by molar-refractivity contribution is 0.550. The molecule has 4 aliphatic rings. The van der Waals surface area contributed by atoms with Gasteiger partial charge in [-0.05, 0) is 171 Å². The lowest BCUT2D eigenvalue weighted by Gasteiger charge is -2.27. The molecule has 0 amide bonds. The zero-order valence-corrected chi connectivity index (χ0v) is 32.6. The molecule has 4 aliphatic carbocycles. The number of halogens is 1. The maximum Gasteiger partial charge on any atom is 0.0332 e. The standard InChI is InChI=1S/C54H41Br/c55-52-45-17-3-1-15-43(45)51(44-16-2-4-18-46(44)52)38-30-36(34-21-23-41-39-13-5-7-19-47(39)53(49(41)32-34)25-9-10-26-53)29-37(31-38)35-22-24-42-40-14-6-8-20-48(40)54(50(42)33-35)27-11-12-28-54/h1-8,13-24,29-33H,9-12,25-28H2. The van der Waals surface area contributed by atoms with Crippen molar-refractivity contribution in [1.29, 1.82) is 0 Å². The van der Waals surface area contributed by atoms with Crippen molar-refractivity contribution >= 4 is 37.5 Å². The molecule has 264 valence electrons. The van der Waals surface area contributed by atoms with Gasteiger partial charge in [-0.3, -0.25) is 0 Å². The van der Waals surface area contributed by atoms with Crippen molar-refractivity contribution in [3.63, 3.8) is 0 Å². The van der Waals surface area contributed by atoms with Crippen molar-refractivity contribution in [2.75, 3.05) is 0 Å². The van der Waals surface area contributed by atoms with Crippen LogP contribution >= 0.6 is 15.9 Å². The summed E-state index contributed by atoms with van der Waals surface area (Å²) < 4.78 is 1.17. The third-order valence-corrected chi connectivity index (χ3v) is 15.1. The van der Waals surface area contributed by atoms with Gasteiger partial charge in [0.1, 0.15) is 0 Å². The summed E-state index contributed by atoms with van der Waals surface area (Å²) in [5.74, 6) is 0. The van der Waals surface area contributed by atoms with Gasteiger partial charge in [0.25, 0.3) is 0 Å². The van der Waals surface area contributed by atoms with Crippen LogP contribution in [0, 0.1) is 0 Å². The average molecular weight is 770 g/mol. The summed E-state index contributed by atoms with van der Waals surface area (Å²) in [5.41, 5.74) is 19.9. The molecule has 2 saturated carbocycles. The highest BCUT2D eigenvalue weighted by Gasteiger charge is 2.46. The Morgan fingerprint density at radius 3 is 1.18 bits per heavy atom. The fraction of sp³-hybridized carbons (Fsp3) is 0.185. The van der Waals surface area contributed by atoms with E-state index in [2.05, 4.69) is 168 Å². The van der Waals surface area contributed by atoms with Gasteiger partial charge in [0, 0.05) is 15.3 Å². The van der Waals surface area contributed by atoms with E-state index in [1.165, 1.54) is 144 Å². The van der Waals surface area contributed by atoms with E-state index in [1.807, 2.05) is 0 Å². The van der Waals surface area contributed by atoms with Gasteiger partial charge < -0.3 is 0 Å². The van der Waals surface area contributed by atoms with Gasteiger partial charge in [0.2, 0.25) is 0 Å². The van der Waals surface area contributed by atoms with Crippen molar-refractivity contribution in [1.82, 2.24) is 0 Å². The van der Waals surface area contributed by atoms with Crippen LogP contribution < -0.4 is 0 Å². The first kappa shape index (κ1) is 32.0. The molecule has 0 heterocycles. The summed E-state index contributed by atoms with van der Waals surface area (Å²) in [4.78, 5) is 0. The topological polar surface area (TPSA) is 0 Å². The van der Waals surface area contributed by atoms with Crippen LogP contribution in [-0.2, 0) is 10.8 Å². The number of fused-ring (bicyclic) bond motifs is 12. The molecule has 0 aromatic heterocycles. The summed E-state index contributed by atoms with van der Waals surface area (Å²) in [6.07, 6.45) is 10.1. The molecule has 2 fully saturated rings. The Balaban J connectivity index is 1.11. The van der Waals surface area contributed by atoms with Crippen LogP contribution in [0.15, 0.2) is 156 Å². The lowest BCUT2D eigenvalue weighted by atomic mass is 9.76. The highest BCUT2D eigenvalue weighted by atomic mass is 79.9. The minimum absolute atomic E-state index is 0.130. The predicted octanol–water partition coefficient (Wildman–Crippen LogP) is 15.4. The van der Waals surface area contributed by atoms with E-state index in [-0.39, 0.29) is 10.8 Å². The second-order valence-corrected chi connectivity index (χ2v) is 17.6. The van der Waals surface area contributed by atoms with Crippen molar-refractivity contribution in [3.8, 4) is 55.6 Å². The smallest absolute Gasteiger partial charge is 0.0332 e. The van der Waals surface area contributed by atoms with Gasteiger partial charge >= 0.3 is 0 Å². The molecular weight excluding hydrogens is 728 g/mol. The summed E-state index contributed by atoms with van der Waals surface area (Å²) in [6.45, 7) is 0. The van der Waals surface area contributed by atoms with E-state index in [0.29, 0.717) is 0 Å². The number of benzene rings is 8. The van der Waals surface area contributed by atoms with Crippen molar-refractivity contribution in [3.05, 3.63) is 178 Å². The van der Waals surface area contributed by atoms with Crippen LogP contribution in [0.3, 0.4) is 0 Å². The van der Waals surface area contributed by atoms with E-state index >= 15 is 0 Å². The number of rotatable bonds is 3. The Hall–Kier alpha value is -5.24. The van der Waals surface area contributed by atoms with Crippen LogP contribution in [0.1, 0.15) is 73.6 Å². The quantitative estimate of drug-likeness (QED) is 0.157. The van der Waals surface area contributed by atoms with E-state index in [4.69, 9.17) is 0 Å². The number of hydrogen-bond acceptors (Lipinski definition) is 0. The van der Waals surface area contributed by atoms with E-state index in [1.54, 1.807) is 11.1 Å². The second-order valence-electron chi connectivity index (χ2n) is 16.8. The molecule has 2 spiro atoms. The Labute approximate surface area is 332 Å². The molecule has 55 heavy (non-hydrogen) atoms. The summed E-state index contributed by atoms with van der Waals surface area (Å²) in [5, 5.41) is 5.06. The van der Waals surface area contributed by atoms with Gasteiger partial charge in [0.15, 0.2) is 0 Å². The lowest BCUT2D eigenvalue weighted by Crippen LogP contribution is -2.20. The first-order valence-corrected chi connectivity index (χ1v) is 21.2.